The van der Waals surface area contributed by atoms with Crippen LogP contribution < -0.4 is 5.32 Å². The molecule has 1 N–H and O–H groups in total. The summed E-state index contributed by atoms with van der Waals surface area (Å²) >= 11 is 0. The summed E-state index contributed by atoms with van der Waals surface area (Å²) in [5.74, 6) is -0.0493. The van der Waals surface area contributed by atoms with Gasteiger partial charge in [-0.1, -0.05) is 0 Å². The fourth-order valence-corrected chi connectivity index (χ4v) is 3.34. The Balaban J connectivity index is 2.36. The quantitative estimate of drug-likeness (QED) is 0.913. The molecular weight excluding hydrogens is 243 g/mol. The lowest BCUT2D eigenvalue weighted by atomic mass is 9.79. The van der Waals surface area contributed by atoms with Crippen LogP contribution in [-0.4, -0.2) is 23.2 Å². The molecule has 4 heteroatoms. The Morgan fingerprint density at radius 3 is 2.58 bits per heavy atom. The number of nitrogens with zero attached hydrogens (tertiary/aromatic N) is 1. The number of rotatable bonds is 3. The van der Waals surface area contributed by atoms with Crippen LogP contribution in [0.3, 0.4) is 0 Å². The normalized spacial score (nSPS) is 26.3. The lowest BCUT2D eigenvalue weighted by Gasteiger charge is -2.33. The molecule has 106 valence electrons. The van der Waals surface area contributed by atoms with Crippen molar-refractivity contribution in [3.05, 3.63) is 29.8 Å². The maximum absolute atomic E-state index is 14.0. The average molecular weight is 266 g/mol. The van der Waals surface area contributed by atoms with Crippen molar-refractivity contribution in [3.63, 3.8) is 0 Å². The first kappa shape index (κ1) is 14.4. The second-order valence-corrected chi connectivity index (χ2v) is 6.44. The highest BCUT2D eigenvalue weighted by molar-refractivity contribution is 5.20. The lowest BCUT2D eigenvalue weighted by molar-refractivity contribution is -0.0777. The van der Waals surface area contributed by atoms with Gasteiger partial charge in [-0.25, -0.2) is 4.39 Å². The van der Waals surface area contributed by atoms with Gasteiger partial charge in [-0.05, 0) is 47.2 Å². The molecule has 0 amide bonds. The van der Waals surface area contributed by atoms with Gasteiger partial charge in [-0.3, -0.25) is 4.98 Å². The molecule has 0 aromatic carbocycles. The van der Waals surface area contributed by atoms with E-state index in [4.69, 9.17) is 4.74 Å². The minimum atomic E-state index is -0.285. The van der Waals surface area contributed by atoms with Crippen molar-refractivity contribution in [1.82, 2.24) is 10.3 Å². The number of ether oxygens (including phenoxy) is 1. The molecule has 1 aliphatic heterocycles. The average Bonchev–Trinajstić information content (AvgIpc) is 2.51. The summed E-state index contributed by atoms with van der Waals surface area (Å²) in [6.07, 6.45) is 3.80. The first-order valence-corrected chi connectivity index (χ1v) is 6.74. The van der Waals surface area contributed by atoms with E-state index in [0.29, 0.717) is 5.56 Å². The number of pyridine rings is 1. The van der Waals surface area contributed by atoms with E-state index >= 15 is 0 Å². The van der Waals surface area contributed by atoms with E-state index in [0.717, 1.165) is 6.42 Å². The minimum Gasteiger partial charge on any atom is -0.369 e. The second-order valence-electron chi connectivity index (χ2n) is 6.44. The van der Waals surface area contributed by atoms with Crippen molar-refractivity contribution in [1.29, 1.82) is 0 Å². The second kappa shape index (κ2) is 4.84. The maximum Gasteiger partial charge on any atom is 0.146 e. The fourth-order valence-electron chi connectivity index (χ4n) is 3.34. The van der Waals surface area contributed by atoms with Crippen LogP contribution in [0.25, 0.3) is 0 Å². The summed E-state index contributed by atoms with van der Waals surface area (Å²) in [6.45, 7) is 8.33. The summed E-state index contributed by atoms with van der Waals surface area (Å²) in [5, 5.41) is 3.25. The molecule has 2 heterocycles. The lowest BCUT2D eigenvalue weighted by Crippen LogP contribution is -2.37. The molecule has 1 saturated heterocycles. The molecule has 0 spiro atoms. The summed E-state index contributed by atoms with van der Waals surface area (Å²) in [4.78, 5) is 3.82. The molecule has 0 saturated carbocycles. The van der Waals surface area contributed by atoms with Crippen LogP contribution in [0.2, 0.25) is 0 Å². The predicted molar refractivity (Wildman–Crippen MR) is 73.3 cm³/mol. The van der Waals surface area contributed by atoms with Gasteiger partial charge in [-0.15, -0.1) is 0 Å². The first-order valence-electron chi connectivity index (χ1n) is 6.74. The largest absolute Gasteiger partial charge is 0.369 e. The summed E-state index contributed by atoms with van der Waals surface area (Å²) < 4.78 is 20.1. The Bertz CT molecular complexity index is 459. The van der Waals surface area contributed by atoms with E-state index in [1.807, 2.05) is 7.05 Å². The summed E-state index contributed by atoms with van der Waals surface area (Å²) in [5.41, 5.74) is 0.205. The van der Waals surface area contributed by atoms with Gasteiger partial charge in [0, 0.05) is 23.7 Å². The van der Waals surface area contributed by atoms with Gasteiger partial charge in [0.05, 0.1) is 17.4 Å². The Hall–Kier alpha value is -1.00. The molecular formula is C15H23FN2O. The third-order valence-corrected chi connectivity index (χ3v) is 4.00. The van der Waals surface area contributed by atoms with Gasteiger partial charge < -0.3 is 10.1 Å². The molecule has 2 rings (SSSR count). The number of halogens is 1. The molecule has 3 nitrogen and oxygen atoms in total. The molecule has 1 aromatic heterocycles. The van der Waals surface area contributed by atoms with E-state index in [1.54, 1.807) is 12.3 Å². The molecule has 2 atom stereocenters. The number of hydrogen-bond donors (Lipinski definition) is 1. The topological polar surface area (TPSA) is 34.2 Å². The van der Waals surface area contributed by atoms with Crippen molar-refractivity contribution in [2.24, 2.45) is 5.92 Å². The third-order valence-electron chi connectivity index (χ3n) is 4.00. The Morgan fingerprint density at radius 2 is 2.11 bits per heavy atom. The van der Waals surface area contributed by atoms with E-state index in [-0.39, 0.29) is 29.0 Å². The molecule has 0 bridgehead atoms. The Morgan fingerprint density at radius 1 is 1.42 bits per heavy atom. The maximum atomic E-state index is 14.0. The van der Waals surface area contributed by atoms with E-state index in [2.05, 4.69) is 38.0 Å². The molecule has 0 aliphatic carbocycles. The summed E-state index contributed by atoms with van der Waals surface area (Å²) in [6, 6.07) is 1.68. The van der Waals surface area contributed by atoms with Crippen LogP contribution in [0.15, 0.2) is 18.5 Å². The van der Waals surface area contributed by atoms with Gasteiger partial charge in [-0.2, -0.15) is 0 Å². The fraction of sp³-hybridized carbons (Fsp3) is 0.667. The Labute approximate surface area is 114 Å². The molecule has 19 heavy (non-hydrogen) atoms. The van der Waals surface area contributed by atoms with Crippen molar-refractivity contribution in [3.8, 4) is 0 Å². The highest BCUT2D eigenvalue weighted by Crippen LogP contribution is 2.47. The van der Waals surface area contributed by atoms with Gasteiger partial charge >= 0.3 is 0 Å². The zero-order valence-electron chi connectivity index (χ0n) is 12.3. The Kier molecular flexibility index (Phi) is 3.67. The number of nitrogens with one attached hydrogen (secondary N) is 1. The van der Waals surface area contributed by atoms with Gasteiger partial charge in [0.15, 0.2) is 0 Å². The van der Waals surface area contributed by atoms with Crippen LogP contribution in [0.4, 0.5) is 4.39 Å². The number of hydrogen-bond acceptors (Lipinski definition) is 3. The van der Waals surface area contributed by atoms with Crippen LogP contribution in [0, 0.1) is 11.7 Å². The SMILES string of the molecule is CNC(c1ccncc1F)C1CC(C)(C)OC1(C)C. The smallest absolute Gasteiger partial charge is 0.146 e. The van der Waals surface area contributed by atoms with Crippen LogP contribution in [0.5, 0.6) is 0 Å². The molecule has 0 radical (unpaired) electrons. The van der Waals surface area contributed by atoms with Gasteiger partial charge in [0.25, 0.3) is 0 Å². The van der Waals surface area contributed by atoms with Crippen molar-refractivity contribution < 1.29 is 9.13 Å². The highest BCUT2D eigenvalue weighted by Gasteiger charge is 2.49. The highest BCUT2D eigenvalue weighted by atomic mass is 19.1. The van der Waals surface area contributed by atoms with Crippen LogP contribution in [0.1, 0.15) is 45.7 Å². The van der Waals surface area contributed by atoms with Crippen molar-refractivity contribution in [2.45, 2.75) is 51.4 Å². The van der Waals surface area contributed by atoms with Crippen LogP contribution >= 0.6 is 0 Å². The van der Waals surface area contributed by atoms with Gasteiger partial charge in [0.1, 0.15) is 5.82 Å². The molecule has 1 fully saturated rings. The molecule has 1 aliphatic rings. The first-order chi connectivity index (χ1) is 8.77. The van der Waals surface area contributed by atoms with E-state index in [1.165, 1.54) is 6.20 Å². The zero-order valence-corrected chi connectivity index (χ0v) is 12.3. The zero-order chi connectivity index (χ0) is 14.3. The van der Waals surface area contributed by atoms with Crippen molar-refractivity contribution >= 4 is 0 Å². The number of aromatic nitrogens is 1. The minimum absolute atomic E-state index is 0.0697. The molecule has 2 unspecified atom stereocenters. The third kappa shape index (κ3) is 2.79. The summed E-state index contributed by atoms with van der Waals surface area (Å²) in [7, 11) is 1.87. The monoisotopic (exact) mass is 266 g/mol. The predicted octanol–water partition coefficient (Wildman–Crippen LogP) is 3.07. The van der Waals surface area contributed by atoms with E-state index in [9.17, 15) is 4.39 Å². The van der Waals surface area contributed by atoms with Crippen LogP contribution in [-0.2, 0) is 4.74 Å². The van der Waals surface area contributed by atoms with Gasteiger partial charge in [0.2, 0.25) is 0 Å². The van der Waals surface area contributed by atoms with Crippen molar-refractivity contribution in [2.75, 3.05) is 7.05 Å². The van der Waals surface area contributed by atoms with E-state index < -0.39 is 0 Å². The standard InChI is InChI=1S/C15H23FN2O/c1-14(2)8-11(15(3,4)19-14)13(17-5)10-6-7-18-9-12(10)16/h6-7,9,11,13,17H,8H2,1-5H3. The molecule has 1 aromatic rings.